The smallest absolute Gasteiger partial charge is 0.259 e. The standard InChI is InChI=1S/C21H17N3OS2/c25-20-15-12-18(14-6-2-1-3-7-14)27-21(15)23-19(22-20)13-24-10-11-26-17-9-5-4-8-16(17)24/h1-9,12H,10-11,13H2,(H,22,23,25). The summed E-state index contributed by atoms with van der Waals surface area (Å²) in [6.45, 7) is 1.56. The normalized spacial score (nSPS) is 13.7. The van der Waals surface area contributed by atoms with Crippen LogP contribution in [0.4, 0.5) is 5.69 Å². The molecule has 6 heteroatoms. The van der Waals surface area contributed by atoms with E-state index in [-0.39, 0.29) is 5.56 Å². The maximum absolute atomic E-state index is 12.6. The van der Waals surface area contributed by atoms with E-state index in [1.165, 1.54) is 10.6 Å². The van der Waals surface area contributed by atoms with Crippen molar-refractivity contribution in [3.63, 3.8) is 0 Å². The van der Waals surface area contributed by atoms with Gasteiger partial charge in [-0.25, -0.2) is 4.98 Å². The van der Waals surface area contributed by atoms with Gasteiger partial charge in [-0.2, -0.15) is 0 Å². The summed E-state index contributed by atoms with van der Waals surface area (Å²) in [4.78, 5) is 25.8. The summed E-state index contributed by atoms with van der Waals surface area (Å²) in [5, 5.41) is 0.664. The molecule has 0 radical (unpaired) electrons. The first-order valence-corrected chi connectivity index (χ1v) is 10.6. The van der Waals surface area contributed by atoms with Crippen LogP contribution in [-0.2, 0) is 6.54 Å². The lowest BCUT2D eigenvalue weighted by atomic mass is 10.2. The molecule has 0 saturated heterocycles. The van der Waals surface area contributed by atoms with Gasteiger partial charge < -0.3 is 9.88 Å². The highest BCUT2D eigenvalue weighted by Crippen LogP contribution is 2.35. The van der Waals surface area contributed by atoms with E-state index in [9.17, 15) is 4.79 Å². The summed E-state index contributed by atoms with van der Waals surface area (Å²) in [6.07, 6.45) is 0. The van der Waals surface area contributed by atoms with Crippen molar-refractivity contribution in [1.82, 2.24) is 9.97 Å². The van der Waals surface area contributed by atoms with E-state index in [0.717, 1.165) is 33.4 Å². The van der Waals surface area contributed by atoms with Crippen LogP contribution < -0.4 is 10.5 Å². The van der Waals surface area contributed by atoms with E-state index in [2.05, 4.69) is 46.3 Å². The molecule has 0 aliphatic carbocycles. The number of aromatic nitrogens is 2. The fourth-order valence-electron chi connectivity index (χ4n) is 3.37. The third-order valence-corrected chi connectivity index (χ3v) is 6.80. The Balaban J connectivity index is 1.51. The van der Waals surface area contributed by atoms with Crippen molar-refractivity contribution in [3.05, 3.63) is 76.8 Å². The van der Waals surface area contributed by atoms with E-state index in [4.69, 9.17) is 4.98 Å². The number of fused-ring (bicyclic) bond motifs is 2. The van der Waals surface area contributed by atoms with Crippen LogP contribution in [-0.4, -0.2) is 22.3 Å². The Bertz CT molecular complexity index is 1170. The Morgan fingerprint density at radius 3 is 2.78 bits per heavy atom. The Labute approximate surface area is 164 Å². The lowest BCUT2D eigenvalue weighted by molar-refractivity contribution is 0.772. The summed E-state index contributed by atoms with van der Waals surface area (Å²) in [5.74, 6) is 1.76. The molecular formula is C21H17N3OS2. The number of hydrogen-bond donors (Lipinski definition) is 1. The second-order valence-electron chi connectivity index (χ2n) is 6.45. The zero-order valence-electron chi connectivity index (χ0n) is 14.5. The van der Waals surface area contributed by atoms with Gasteiger partial charge in [-0.15, -0.1) is 23.1 Å². The minimum Gasteiger partial charge on any atom is -0.362 e. The average molecular weight is 392 g/mol. The van der Waals surface area contributed by atoms with Crippen molar-refractivity contribution in [3.8, 4) is 10.4 Å². The van der Waals surface area contributed by atoms with Gasteiger partial charge in [0.05, 0.1) is 17.6 Å². The van der Waals surface area contributed by atoms with Crippen LogP contribution in [0.3, 0.4) is 0 Å². The first-order valence-electron chi connectivity index (χ1n) is 8.83. The number of benzene rings is 2. The van der Waals surface area contributed by atoms with Gasteiger partial charge in [0.2, 0.25) is 0 Å². The lowest BCUT2D eigenvalue weighted by Gasteiger charge is -2.30. The Hall–Kier alpha value is -2.57. The molecule has 0 unspecified atom stereocenters. The predicted octanol–water partition coefficient (Wildman–Crippen LogP) is 4.76. The number of nitrogens with zero attached hydrogens (tertiary/aromatic N) is 2. The molecule has 134 valence electrons. The number of para-hydroxylation sites is 1. The molecular weight excluding hydrogens is 374 g/mol. The van der Waals surface area contributed by atoms with Gasteiger partial charge >= 0.3 is 0 Å². The van der Waals surface area contributed by atoms with Gasteiger partial charge in [-0.05, 0) is 23.8 Å². The zero-order valence-corrected chi connectivity index (χ0v) is 16.1. The number of nitrogens with one attached hydrogen (secondary N) is 1. The van der Waals surface area contributed by atoms with Crippen LogP contribution >= 0.6 is 23.1 Å². The first-order chi connectivity index (χ1) is 13.3. The molecule has 1 aliphatic heterocycles. The highest BCUT2D eigenvalue weighted by molar-refractivity contribution is 7.99. The van der Waals surface area contributed by atoms with E-state index in [1.807, 2.05) is 36.0 Å². The van der Waals surface area contributed by atoms with E-state index >= 15 is 0 Å². The Morgan fingerprint density at radius 2 is 1.89 bits per heavy atom. The molecule has 3 heterocycles. The second-order valence-corrected chi connectivity index (χ2v) is 8.61. The highest BCUT2D eigenvalue weighted by Gasteiger charge is 2.18. The van der Waals surface area contributed by atoms with Gasteiger partial charge in [-0.3, -0.25) is 4.79 Å². The number of thioether (sulfide) groups is 1. The Kier molecular flexibility index (Phi) is 4.22. The average Bonchev–Trinajstić information content (AvgIpc) is 3.14. The van der Waals surface area contributed by atoms with Gasteiger partial charge in [0.1, 0.15) is 10.7 Å². The molecule has 4 aromatic rings. The summed E-state index contributed by atoms with van der Waals surface area (Å²) in [6, 6.07) is 20.5. The number of aromatic amines is 1. The largest absolute Gasteiger partial charge is 0.362 e. The van der Waals surface area contributed by atoms with Crippen molar-refractivity contribution in [2.45, 2.75) is 11.4 Å². The van der Waals surface area contributed by atoms with Gasteiger partial charge in [-0.1, -0.05) is 42.5 Å². The summed E-state index contributed by atoms with van der Waals surface area (Å²) < 4.78 is 0. The molecule has 1 N–H and O–H groups in total. The summed E-state index contributed by atoms with van der Waals surface area (Å²) >= 11 is 3.45. The molecule has 0 fully saturated rings. The van der Waals surface area contributed by atoms with Crippen molar-refractivity contribution >= 4 is 39.0 Å². The van der Waals surface area contributed by atoms with Crippen LogP contribution in [0.1, 0.15) is 5.82 Å². The number of thiophene rings is 1. The van der Waals surface area contributed by atoms with Gasteiger partial charge in [0, 0.05) is 22.1 Å². The molecule has 27 heavy (non-hydrogen) atoms. The number of anilines is 1. The fourth-order valence-corrected chi connectivity index (χ4v) is 5.48. The molecule has 0 amide bonds. The minimum atomic E-state index is -0.0619. The molecule has 2 aromatic heterocycles. The van der Waals surface area contributed by atoms with Crippen molar-refractivity contribution in [1.29, 1.82) is 0 Å². The van der Waals surface area contributed by atoms with Crippen LogP contribution in [0.15, 0.2) is 70.4 Å². The van der Waals surface area contributed by atoms with Crippen molar-refractivity contribution < 1.29 is 0 Å². The molecule has 4 nitrogen and oxygen atoms in total. The van der Waals surface area contributed by atoms with Crippen LogP contribution in [0.5, 0.6) is 0 Å². The highest BCUT2D eigenvalue weighted by atomic mass is 32.2. The first kappa shape index (κ1) is 16.6. The molecule has 0 atom stereocenters. The quantitative estimate of drug-likeness (QED) is 0.547. The number of rotatable bonds is 3. The molecule has 0 spiro atoms. The monoisotopic (exact) mass is 391 g/mol. The zero-order chi connectivity index (χ0) is 18.2. The van der Waals surface area contributed by atoms with E-state index in [1.54, 1.807) is 11.3 Å². The molecule has 5 rings (SSSR count). The predicted molar refractivity (Wildman–Crippen MR) is 114 cm³/mol. The number of hydrogen-bond acceptors (Lipinski definition) is 5. The van der Waals surface area contributed by atoms with E-state index in [0.29, 0.717) is 11.9 Å². The molecule has 0 bridgehead atoms. The summed E-state index contributed by atoms with van der Waals surface area (Å²) in [7, 11) is 0. The van der Waals surface area contributed by atoms with Gasteiger partial charge in [0.25, 0.3) is 5.56 Å². The molecule has 2 aromatic carbocycles. The second kappa shape index (κ2) is 6.87. The Morgan fingerprint density at radius 1 is 1.07 bits per heavy atom. The molecule has 0 saturated carbocycles. The van der Waals surface area contributed by atoms with Gasteiger partial charge in [0.15, 0.2) is 0 Å². The maximum atomic E-state index is 12.6. The topological polar surface area (TPSA) is 49.0 Å². The van der Waals surface area contributed by atoms with Crippen LogP contribution in [0.2, 0.25) is 0 Å². The summed E-state index contributed by atoms with van der Waals surface area (Å²) in [5.41, 5.74) is 2.27. The third kappa shape index (κ3) is 3.15. The van der Waals surface area contributed by atoms with Crippen LogP contribution in [0, 0.1) is 0 Å². The number of H-pyrrole nitrogens is 1. The van der Waals surface area contributed by atoms with Crippen molar-refractivity contribution in [2.75, 3.05) is 17.2 Å². The van der Waals surface area contributed by atoms with Crippen LogP contribution in [0.25, 0.3) is 20.7 Å². The fraction of sp³-hybridized carbons (Fsp3) is 0.143. The lowest BCUT2D eigenvalue weighted by Crippen LogP contribution is -2.30. The minimum absolute atomic E-state index is 0.0619. The SMILES string of the molecule is O=c1[nH]c(CN2CCSc3ccccc32)nc2sc(-c3ccccc3)cc12. The maximum Gasteiger partial charge on any atom is 0.259 e. The van der Waals surface area contributed by atoms with Crippen molar-refractivity contribution in [2.24, 2.45) is 0 Å². The third-order valence-electron chi connectivity index (χ3n) is 4.68. The molecule has 1 aliphatic rings. The van der Waals surface area contributed by atoms with E-state index < -0.39 is 0 Å².